The second-order valence-electron chi connectivity index (χ2n) is 10.9. The average Bonchev–Trinajstić information content (AvgIpc) is 3.21. The number of carbonyl (C=O) groups is 1. The van der Waals surface area contributed by atoms with Crippen molar-refractivity contribution in [3.05, 3.63) is 146 Å². The lowest BCUT2D eigenvalue weighted by atomic mass is 10.0. The first-order valence-electron chi connectivity index (χ1n) is 20.9. The van der Waals surface area contributed by atoms with Crippen molar-refractivity contribution in [2.45, 2.75) is 161 Å². The largest absolute Gasteiger partial charge is 0.466 e. The van der Waals surface area contributed by atoms with Crippen LogP contribution in [0, 0.1) is 5.92 Å². The highest BCUT2D eigenvalue weighted by molar-refractivity contribution is 5.68. The molecule has 0 aliphatic rings. The van der Waals surface area contributed by atoms with Gasteiger partial charge in [-0.3, -0.25) is 4.79 Å². The molecule has 304 valence electrons. The van der Waals surface area contributed by atoms with Crippen LogP contribution in [0.3, 0.4) is 0 Å². The standard InChI is InChI=1S/C26H40.C7H12.C6H12O2.C6H6.3C2H6/c1-5-6-7-8-9-10-11-12-13-14-15-16-17-18-19-20-21-22-23-24-26(4)25(2)3;1-3-5-7-6-4-2;1-3-5-8-6(7)4-2;1-2-4-6-5-3-1;3*1-2/h6-7,9-10,12-13,15-16,18-19,21-22,25H,4-5,8,11,14,17,20,23-24H2,1-3H3;3-6H,7H2,1-2H3;3-5H2,1-2H3;1-6H;3*1-2H3/b7-6+,10-9+,13-12+,16-15+,19-18+,22-21+;5-3+,6-4+;;;;;. The normalized spacial score (nSPS) is 10.6. The fraction of sp³-hybridized carbons (Fsp3) is 0.510. The maximum atomic E-state index is 10.3. The molecule has 0 amide bonds. The van der Waals surface area contributed by atoms with Crippen LogP contribution in [0.5, 0.6) is 0 Å². The molecule has 53 heavy (non-hydrogen) atoms. The van der Waals surface area contributed by atoms with Crippen molar-refractivity contribution in [2.24, 2.45) is 5.92 Å². The van der Waals surface area contributed by atoms with Crippen LogP contribution < -0.4 is 0 Å². The first-order chi connectivity index (χ1) is 25.9. The van der Waals surface area contributed by atoms with E-state index in [9.17, 15) is 4.79 Å². The van der Waals surface area contributed by atoms with Gasteiger partial charge in [-0.15, -0.1) is 0 Å². The van der Waals surface area contributed by atoms with Crippen LogP contribution in [0.15, 0.2) is 146 Å². The van der Waals surface area contributed by atoms with E-state index in [1.807, 2.05) is 98.7 Å². The molecule has 0 fully saturated rings. The fourth-order valence-electron chi connectivity index (χ4n) is 3.25. The lowest BCUT2D eigenvalue weighted by Gasteiger charge is -2.06. The minimum absolute atomic E-state index is 0.105. The van der Waals surface area contributed by atoms with E-state index in [4.69, 9.17) is 4.74 Å². The van der Waals surface area contributed by atoms with E-state index in [0.717, 1.165) is 64.2 Å². The second kappa shape index (κ2) is 66.6. The number of esters is 1. The Bertz CT molecular complexity index is 977. The van der Waals surface area contributed by atoms with E-state index in [2.05, 4.69) is 125 Å². The van der Waals surface area contributed by atoms with Crippen molar-refractivity contribution in [1.82, 2.24) is 0 Å². The molecule has 0 saturated heterocycles. The summed E-state index contributed by atoms with van der Waals surface area (Å²) in [5, 5.41) is 0. The molecule has 1 rings (SSSR count). The number of hydrogen-bond acceptors (Lipinski definition) is 2. The van der Waals surface area contributed by atoms with Crippen molar-refractivity contribution in [3.63, 3.8) is 0 Å². The van der Waals surface area contributed by atoms with Crippen LogP contribution in [0.4, 0.5) is 0 Å². The van der Waals surface area contributed by atoms with Gasteiger partial charge in [0.1, 0.15) is 0 Å². The van der Waals surface area contributed by atoms with E-state index in [1.165, 1.54) is 5.57 Å². The van der Waals surface area contributed by atoms with Crippen LogP contribution in [0.2, 0.25) is 0 Å². The topological polar surface area (TPSA) is 26.3 Å². The smallest absolute Gasteiger partial charge is 0.305 e. The fourth-order valence-corrected chi connectivity index (χ4v) is 3.25. The summed E-state index contributed by atoms with van der Waals surface area (Å²) >= 11 is 0. The predicted molar refractivity (Wildman–Crippen MR) is 248 cm³/mol. The van der Waals surface area contributed by atoms with E-state index in [-0.39, 0.29) is 5.97 Å². The minimum Gasteiger partial charge on any atom is -0.466 e. The van der Waals surface area contributed by atoms with Gasteiger partial charge in [0, 0.05) is 6.42 Å². The zero-order valence-corrected chi connectivity index (χ0v) is 37.3. The Morgan fingerprint density at radius 3 is 1.15 bits per heavy atom. The zero-order chi connectivity index (χ0) is 41.5. The average molecular weight is 733 g/mol. The lowest BCUT2D eigenvalue weighted by Crippen LogP contribution is -2.02. The Morgan fingerprint density at radius 1 is 0.547 bits per heavy atom. The first kappa shape index (κ1) is 61.4. The molecule has 0 heterocycles. The Kier molecular flexibility index (Phi) is 77.1. The summed E-state index contributed by atoms with van der Waals surface area (Å²) in [5.41, 5.74) is 1.35. The van der Waals surface area contributed by atoms with Crippen molar-refractivity contribution in [2.75, 3.05) is 6.61 Å². The summed E-state index contributed by atoms with van der Waals surface area (Å²) in [6.07, 6.45) is 46.2. The molecular weight excluding hydrogens is 645 g/mol. The molecule has 0 radical (unpaired) electrons. The Hall–Kier alpha value is -3.65. The van der Waals surface area contributed by atoms with Crippen LogP contribution in [0.25, 0.3) is 0 Å². The summed E-state index contributed by atoms with van der Waals surface area (Å²) in [6.45, 7) is 31.1. The molecule has 2 nitrogen and oxygen atoms in total. The van der Waals surface area contributed by atoms with Gasteiger partial charge in [-0.1, -0.05) is 222 Å². The Labute approximate surface area is 333 Å². The molecule has 0 aliphatic heterocycles. The van der Waals surface area contributed by atoms with E-state index in [0.29, 0.717) is 18.9 Å². The highest BCUT2D eigenvalue weighted by Crippen LogP contribution is 2.13. The molecule has 0 unspecified atom stereocenters. The molecule has 1 aromatic rings. The summed E-state index contributed by atoms with van der Waals surface area (Å²) in [4.78, 5) is 10.3. The van der Waals surface area contributed by atoms with Gasteiger partial charge in [0.25, 0.3) is 0 Å². The number of ether oxygens (including phenoxy) is 1. The zero-order valence-electron chi connectivity index (χ0n) is 37.3. The molecule has 1 aromatic carbocycles. The van der Waals surface area contributed by atoms with Gasteiger partial charge in [0.05, 0.1) is 6.61 Å². The highest BCUT2D eigenvalue weighted by Gasteiger charge is 1.97. The van der Waals surface area contributed by atoms with Crippen LogP contribution in [-0.4, -0.2) is 12.6 Å². The van der Waals surface area contributed by atoms with Gasteiger partial charge in [-0.2, -0.15) is 0 Å². The molecule has 0 aliphatic carbocycles. The third-order valence-electron chi connectivity index (χ3n) is 6.21. The minimum atomic E-state index is -0.105. The molecule has 0 saturated carbocycles. The van der Waals surface area contributed by atoms with Crippen molar-refractivity contribution < 1.29 is 9.53 Å². The van der Waals surface area contributed by atoms with E-state index < -0.39 is 0 Å². The van der Waals surface area contributed by atoms with E-state index in [1.54, 1.807) is 6.92 Å². The quantitative estimate of drug-likeness (QED) is 0.0985. The third-order valence-corrected chi connectivity index (χ3v) is 6.21. The van der Waals surface area contributed by atoms with Crippen molar-refractivity contribution in [3.8, 4) is 0 Å². The van der Waals surface area contributed by atoms with Gasteiger partial charge in [0.2, 0.25) is 0 Å². The first-order valence-corrected chi connectivity index (χ1v) is 20.9. The molecule has 0 spiro atoms. The number of carbonyl (C=O) groups excluding carboxylic acids is 1. The summed E-state index contributed by atoms with van der Waals surface area (Å²) in [6, 6.07) is 12.0. The van der Waals surface area contributed by atoms with Gasteiger partial charge in [-0.05, 0) is 84.0 Å². The van der Waals surface area contributed by atoms with Crippen molar-refractivity contribution >= 4 is 5.97 Å². The second-order valence-corrected chi connectivity index (χ2v) is 10.9. The van der Waals surface area contributed by atoms with E-state index >= 15 is 0 Å². The summed E-state index contributed by atoms with van der Waals surface area (Å²) in [7, 11) is 0. The summed E-state index contributed by atoms with van der Waals surface area (Å²) in [5.74, 6) is 0.501. The molecular formula is C51H88O2. The number of benzene rings is 1. The number of allylic oxidation sites excluding steroid dienone is 17. The molecule has 0 atom stereocenters. The van der Waals surface area contributed by atoms with Crippen LogP contribution in [-0.2, 0) is 9.53 Å². The van der Waals surface area contributed by atoms with Gasteiger partial charge in [0.15, 0.2) is 0 Å². The monoisotopic (exact) mass is 733 g/mol. The van der Waals surface area contributed by atoms with Gasteiger partial charge < -0.3 is 4.74 Å². The third kappa shape index (κ3) is 74.5. The molecule has 2 heteroatoms. The van der Waals surface area contributed by atoms with Crippen molar-refractivity contribution in [1.29, 1.82) is 0 Å². The van der Waals surface area contributed by atoms with Gasteiger partial charge >= 0.3 is 5.97 Å². The van der Waals surface area contributed by atoms with Crippen LogP contribution >= 0.6 is 0 Å². The molecule has 0 bridgehead atoms. The lowest BCUT2D eigenvalue weighted by molar-refractivity contribution is -0.143. The highest BCUT2D eigenvalue weighted by atomic mass is 16.5. The number of rotatable bonds is 20. The molecule has 0 N–H and O–H groups in total. The SMILES string of the molecule is C/C=C/C/C=C/C.C=C(CC/C=C/C/C=C/C/C=C/C/C=C/C/C=C/C/C=C/CC)C(C)C.CC.CC.CC.CCCOC(=O)CC.c1ccccc1. The maximum Gasteiger partial charge on any atom is 0.305 e. The maximum absolute atomic E-state index is 10.3. The number of hydrogen-bond donors (Lipinski definition) is 0. The summed E-state index contributed by atoms with van der Waals surface area (Å²) < 4.78 is 4.70. The Balaban J connectivity index is -0.000000164. The van der Waals surface area contributed by atoms with Crippen LogP contribution in [0.1, 0.15) is 161 Å². The Morgan fingerprint density at radius 2 is 0.868 bits per heavy atom. The molecule has 0 aromatic heterocycles. The predicted octanol–water partition coefficient (Wildman–Crippen LogP) is 17.3. The van der Waals surface area contributed by atoms with Gasteiger partial charge in [-0.25, -0.2) is 0 Å².